The summed E-state index contributed by atoms with van der Waals surface area (Å²) in [6, 6.07) is 6.28. The van der Waals surface area contributed by atoms with Gasteiger partial charge < -0.3 is 14.4 Å². The minimum Gasteiger partial charge on any atom is -0.497 e. The number of rotatable bonds is 3. The Morgan fingerprint density at radius 3 is 2.81 bits per heavy atom. The topological polar surface area (TPSA) is 38.8 Å². The molecular weight excluding hydrogens is 266 g/mol. The monoisotopic (exact) mass is 289 g/mol. The number of ether oxygens (including phenoxy) is 2. The Morgan fingerprint density at radius 2 is 2.10 bits per heavy atom. The lowest BCUT2D eigenvalue weighted by atomic mass is 9.63. The van der Waals surface area contributed by atoms with Gasteiger partial charge in [-0.15, -0.1) is 0 Å². The molecule has 1 aromatic carbocycles. The van der Waals surface area contributed by atoms with Crippen molar-refractivity contribution >= 4 is 5.78 Å². The van der Waals surface area contributed by atoms with E-state index in [1.807, 2.05) is 12.1 Å². The van der Waals surface area contributed by atoms with Gasteiger partial charge in [0, 0.05) is 29.9 Å². The lowest BCUT2D eigenvalue weighted by molar-refractivity contribution is -0.126. The van der Waals surface area contributed by atoms with E-state index in [2.05, 4.69) is 18.0 Å². The molecule has 4 nitrogen and oxygen atoms in total. The van der Waals surface area contributed by atoms with Gasteiger partial charge in [-0.1, -0.05) is 0 Å². The first-order valence-electron chi connectivity index (χ1n) is 7.52. The van der Waals surface area contributed by atoms with Crippen LogP contribution in [0.4, 0.5) is 0 Å². The number of fused-ring (bicyclic) bond motifs is 2. The van der Waals surface area contributed by atoms with E-state index in [0.29, 0.717) is 24.7 Å². The normalized spacial score (nSPS) is 29.3. The second-order valence-electron chi connectivity index (χ2n) is 6.35. The Bertz CT molecular complexity index is 557. The number of piperidine rings is 1. The van der Waals surface area contributed by atoms with E-state index in [9.17, 15) is 4.79 Å². The van der Waals surface area contributed by atoms with Gasteiger partial charge in [0.15, 0.2) is 0 Å². The first-order chi connectivity index (χ1) is 10.1. The van der Waals surface area contributed by atoms with Crippen LogP contribution in [0.2, 0.25) is 0 Å². The fourth-order valence-corrected chi connectivity index (χ4v) is 3.95. The molecule has 1 aliphatic heterocycles. The fraction of sp³-hybridized carbons (Fsp3) is 0.588. The van der Waals surface area contributed by atoms with E-state index in [-0.39, 0.29) is 5.41 Å². The zero-order valence-electron chi connectivity index (χ0n) is 13.0. The first-order valence-corrected chi connectivity index (χ1v) is 7.52. The van der Waals surface area contributed by atoms with E-state index >= 15 is 0 Å². The van der Waals surface area contributed by atoms with Gasteiger partial charge in [-0.05, 0) is 44.6 Å². The average Bonchev–Trinajstić information content (AvgIpc) is 2.50. The molecular formula is C17H23NO3. The lowest BCUT2D eigenvalue weighted by Crippen LogP contribution is -2.52. The smallest absolute Gasteiger partial charge is 0.135 e. The van der Waals surface area contributed by atoms with Gasteiger partial charge in [-0.25, -0.2) is 0 Å². The van der Waals surface area contributed by atoms with E-state index < -0.39 is 0 Å². The van der Waals surface area contributed by atoms with Gasteiger partial charge in [-0.2, -0.15) is 0 Å². The van der Waals surface area contributed by atoms with Crippen molar-refractivity contribution in [2.24, 2.45) is 0 Å². The summed E-state index contributed by atoms with van der Waals surface area (Å²) in [4.78, 5) is 14.6. The van der Waals surface area contributed by atoms with Gasteiger partial charge in [0.2, 0.25) is 0 Å². The quantitative estimate of drug-likeness (QED) is 0.856. The Labute approximate surface area is 126 Å². The highest BCUT2D eigenvalue weighted by Gasteiger charge is 2.47. The minimum absolute atomic E-state index is 0.0909. The number of nitrogens with zero attached hydrogens (tertiary/aromatic N) is 1. The molecule has 114 valence electrons. The maximum atomic E-state index is 12.3. The Kier molecular flexibility index (Phi) is 3.66. The molecule has 21 heavy (non-hydrogen) atoms. The van der Waals surface area contributed by atoms with Crippen LogP contribution < -0.4 is 9.47 Å². The molecule has 1 aliphatic carbocycles. The molecule has 1 heterocycles. The molecule has 0 radical (unpaired) electrons. The summed E-state index contributed by atoms with van der Waals surface area (Å²) in [5.74, 6) is 2.06. The Morgan fingerprint density at radius 1 is 1.29 bits per heavy atom. The van der Waals surface area contributed by atoms with E-state index in [0.717, 1.165) is 36.4 Å². The fourth-order valence-electron chi connectivity index (χ4n) is 3.95. The second kappa shape index (κ2) is 5.34. The number of methoxy groups -OCH3 is 2. The maximum absolute atomic E-state index is 12.3. The molecule has 2 atom stereocenters. The molecule has 2 unspecified atom stereocenters. The van der Waals surface area contributed by atoms with Crippen molar-refractivity contribution in [1.29, 1.82) is 0 Å². The van der Waals surface area contributed by atoms with E-state index in [4.69, 9.17) is 9.47 Å². The predicted octanol–water partition coefficient (Wildman–Crippen LogP) is 2.40. The number of benzene rings is 1. The molecule has 1 saturated carbocycles. The van der Waals surface area contributed by atoms with Crippen molar-refractivity contribution in [3.63, 3.8) is 0 Å². The van der Waals surface area contributed by atoms with Crippen molar-refractivity contribution in [2.75, 3.05) is 27.8 Å². The molecule has 0 spiro atoms. The van der Waals surface area contributed by atoms with Gasteiger partial charge in [0.25, 0.3) is 0 Å². The minimum atomic E-state index is -0.0909. The summed E-state index contributed by atoms with van der Waals surface area (Å²) < 4.78 is 10.9. The lowest BCUT2D eigenvalue weighted by Gasteiger charge is -2.49. The van der Waals surface area contributed by atoms with Crippen LogP contribution in [-0.4, -0.2) is 44.5 Å². The predicted molar refractivity (Wildman–Crippen MR) is 81.1 cm³/mol. The van der Waals surface area contributed by atoms with Crippen molar-refractivity contribution in [3.8, 4) is 11.5 Å². The van der Waals surface area contributed by atoms with E-state index in [1.54, 1.807) is 14.2 Å². The first kappa shape index (κ1) is 14.4. The van der Waals surface area contributed by atoms with Crippen LogP contribution >= 0.6 is 0 Å². The third kappa shape index (κ3) is 2.42. The zero-order chi connectivity index (χ0) is 15.0. The second-order valence-corrected chi connectivity index (χ2v) is 6.35. The number of carbonyl (C=O) groups excluding carboxylic acids is 1. The molecule has 0 amide bonds. The number of carbonyl (C=O) groups is 1. The molecule has 1 aromatic rings. The molecule has 2 bridgehead atoms. The molecule has 0 aromatic heterocycles. The van der Waals surface area contributed by atoms with Crippen molar-refractivity contribution in [3.05, 3.63) is 23.8 Å². The largest absolute Gasteiger partial charge is 0.497 e. The molecule has 2 fully saturated rings. The summed E-state index contributed by atoms with van der Waals surface area (Å²) in [7, 11) is 5.49. The highest BCUT2D eigenvalue weighted by Crippen LogP contribution is 2.49. The van der Waals surface area contributed by atoms with Crippen LogP contribution in [0.15, 0.2) is 18.2 Å². The number of Topliss-reactive ketones (excluding diaryl/α,β-unsaturated/α-hetero) is 1. The summed E-state index contributed by atoms with van der Waals surface area (Å²) >= 11 is 0. The van der Waals surface area contributed by atoms with Crippen molar-refractivity contribution in [2.45, 2.75) is 37.1 Å². The Hall–Kier alpha value is -1.55. The average molecular weight is 289 g/mol. The third-order valence-electron chi connectivity index (χ3n) is 5.17. The summed E-state index contributed by atoms with van der Waals surface area (Å²) in [6.07, 6.45) is 3.33. The van der Waals surface area contributed by atoms with Gasteiger partial charge in [-0.3, -0.25) is 4.79 Å². The van der Waals surface area contributed by atoms with Crippen molar-refractivity contribution in [1.82, 2.24) is 4.90 Å². The number of hydrogen-bond acceptors (Lipinski definition) is 4. The molecule has 2 aliphatic rings. The maximum Gasteiger partial charge on any atom is 0.135 e. The van der Waals surface area contributed by atoms with Crippen LogP contribution in [0.1, 0.15) is 31.2 Å². The standard InChI is InChI=1S/C17H23NO3/c1-18-7-6-17(10-12(18)8-13(19)11-17)15-9-14(20-2)4-5-16(15)21-3/h4-5,9,12H,6-8,10-11H2,1-3H3. The highest BCUT2D eigenvalue weighted by atomic mass is 16.5. The van der Waals surface area contributed by atoms with Crippen LogP contribution in [0.25, 0.3) is 0 Å². The van der Waals surface area contributed by atoms with Crippen molar-refractivity contribution < 1.29 is 14.3 Å². The van der Waals surface area contributed by atoms with E-state index in [1.165, 1.54) is 0 Å². The summed E-state index contributed by atoms with van der Waals surface area (Å²) in [6.45, 7) is 1.03. The molecule has 1 saturated heterocycles. The zero-order valence-corrected chi connectivity index (χ0v) is 13.0. The van der Waals surface area contributed by atoms with Gasteiger partial charge in [0.05, 0.1) is 14.2 Å². The third-order valence-corrected chi connectivity index (χ3v) is 5.17. The summed E-state index contributed by atoms with van der Waals surface area (Å²) in [5, 5.41) is 0. The van der Waals surface area contributed by atoms with Gasteiger partial charge >= 0.3 is 0 Å². The van der Waals surface area contributed by atoms with Crippen LogP contribution in [0.5, 0.6) is 11.5 Å². The van der Waals surface area contributed by atoms with Crippen LogP contribution in [0.3, 0.4) is 0 Å². The molecule has 0 N–H and O–H groups in total. The Balaban J connectivity index is 2.06. The van der Waals surface area contributed by atoms with Crippen LogP contribution in [-0.2, 0) is 10.2 Å². The molecule has 4 heteroatoms. The SMILES string of the molecule is COc1ccc(OC)c(C23CCN(C)C(CC(=O)C2)C3)c1. The number of hydrogen-bond donors (Lipinski definition) is 0. The van der Waals surface area contributed by atoms with Crippen LogP contribution in [0, 0.1) is 0 Å². The number of likely N-dealkylation sites (tertiary alicyclic amines) is 1. The van der Waals surface area contributed by atoms with Gasteiger partial charge in [0.1, 0.15) is 17.3 Å². The molecule has 3 rings (SSSR count). The highest BCUT2D eigenvalue weighted by molar-refractivity contribution is 5.82. The summed E-state index contributed by atoms with van der Waals surface area (Å²) in [5.41, 5.74) is 1.04. The number of ketones is 1.